The molecule has 0 saturated carbocycles. The molecular weight excluding hydrogens is 310 g/mol. The lowest BCUT2D eigenvalue weighted by atomic mass is 10.3. The maximum absolute atomic E-state index is 4.43. The molecule has 0 N–H and O–H groups in total. The van der Waals surface area contributed by atoms with Gasteiger partial charge in [-0.2, -0.15) is 0 Å². The van der Waals surface area contributed by atoms with Crippen LogP contribution in [0.5, 0.6) is 0 Å². The van der Waals surface area contributed by atoms with Crippen LogP contribution < -0.4 is 4.90 Å². The Morgan fingerprint density at radius 2 is 2.11 bits per heavy atom. The molecule has 3 nitrogen and oxygen atoms in total. The van der Waals surface area contributed by atoms with E-state index in [1.165, 1.54) is 10.4 Å². The van der Waals surface area contributed by atoms with Crippen molar-refractivity contribution in [3.63, 3.8) is 0 Å². The summed E-state index contributed by atoms with van der Waals surface area (Å²) in [7, 11) is 2.04. The molecule has 2 aromatic heterocycles. The van der Waals surface area contributed by atoms with Crippen LogP contribution in [0.15, 0.2) is 22.9 Å². The lowest BCUT2D eigenvalue weighted by Crippen LogP contribution is -2.17. The van der Waals surface area contributed by atoms with Crippen molar-refractivity contribution in [1.82, 2.24) is 9.97 Å². The Bertz CT molecular complexity index is 539. The lowest BCUT2D eigenvalue weighted by Gasteiger charge is -2.17. The van der Waals surface area contributed by atoms with Crippen molar-refractivity contribution in [3.05, 3.63) is 38.4 Å². The molecule has 0 radical (unpaired) electrons. The Hall–Kier alpha value is -0.940. The molecular formula is C13H16BrN3S. The second kappa shape index (κ2) is 5.80. The molecule has 0 aliphatic heterocycles. The number of aryl methyl sites for hydroxylation is 2. The standard InChI is InChI=1S/C13H16BrN3S/c1-4-10-6-16-13(18-10)8-17(3)12-5-9(2)11(14)7-15-12/h5-7H,4,8H2,1-3H3. The van der Waals surface area contributed by atoms with Crippen LogP contribution in [0.2, 0.25) is 0 Å². The van der Waals surface area contributed by atoms with Gasteiger partial charge in [0.1, 0.15) is 10.8 Å². The Morgan fingerprint density at radius 3 is 2.72 bits per heavy atom. The second-order valence-electron chi connectivity index (χ2n) is 4.22. The van der Waals surface area contributed by atoms with Gasteiger partial charge < -0.3 is 4.90 Å². The van der Waals surface area contributed by atoms with Crippen LogP contribution in [0.3, 0.4) is 0 Å². The molecule has 2 rings (SSSR count). The minimum atomic E-state index is 0.804. The Labute approximate surface area is 120 Å². The Kier molecular flexibility index (Phi) is 4.35. The molecule has 0 aliphatic carbocycles. The first kappa shape index (κ1) is 13.5. The third kappa shape index (κ3) is 3.09. The summed E-state index contributed by atoms with van der Waals surface area (Å²) in [6.45, 7) is 5.03. The van der Waals surface area contributed by atoms with E-state index in [2.05, 4.69) is 50.7 Å². The third-order valence-electron chi connectivity index (χ3n) is 2.75. The van der Waals surface area contributed by atoms with E-state index >= 15 is 0 Å². The average molecular weight is 326 g/mol. The van der Waals surface area contributed by atoms with E-state index in [0.717, 1.165) is 28.3 Å². The van der Waals surface area contributed by atoms with Crippen molar-refractivity contribution in [3.8, 4) is 0 Å². The van der Waals surface area contributed by atoms with E-state index in [1.807, 2.05) is 19.4 Å². The fourth-order valence-corrected chi connectivity index (χ4v) is 2.73. The van der Waals surface area contributed by atoms with Gasteiger partial charge in [-0.05, 0) is 40.9 Å². The molecule has 0 atom stereocenters. The van der Waals surface area contributed by atoms with E-state index in [1.54, 1.807) is 11.3 Å². The quantitative estimate of drug-likeness (QED) is 0.855. The van der Waals surface area contributed by atoms with E-state index in [-0.39, 0.29) is 0 Å². The summed E-state index contributed by atoms with van der Waals surface area (Å²) in [6.07, 6.45) is 4.87. The summed E-state index contributed by atoms with van der Waals surface area (Å²) in [5, 5.41) is 1.14. The van der Waals surface area contributed by atoms with Gasteiger partial charge in [0, 0.05) is 28.8 Å². The van der Waals surface area contributed by atoms with Crippen LogP contribution in [0, 0.1) is 6.92 Å². The lowest BCUT2D eigenvalue weighted by molar-refractivity contribution is 0.885. The van der Waals surface area contributed by atoms with Crippen molar-refractivity contribution in [2.45, 2.75) is 26.8 Å². The highest BCUT2D eigenvalue weighted by Gasteiger charge is 2.08. The van der Waals surface area contributed by atoms with Crippen LogP contribution in [0.4, 0.5) is 5.82 Å². The number of thiazole rings is 1. The van der Waals surface area contributed by atoms with Crippen LogP contribution in [-0.2, 0) is 13.0 Å². The molecule has 5 heteroatoms. The summed E-state index contributed by atoms with van der Waals surface area (Å²) in [5.74, 6) is 0.976. The molecule has 18 heavy (non-hydrogen) atoms. The number of rotatable bonds is 4. The van der Waals surface area contributed by atoms with E-state index < -0.39 is 0 Å². The molecule has 0 amide bonds. The molecule has 2 aromatic rings. The zero-order valence-electron chi connectivity index (χ0n) is 10.8. The van der Waals surface area contributed by atoms with Crippen LogP contribution >= 0.6 is 27.3 Å². The largest absolute Gasteiger partial charge is 0.353 e. The summed E-state index contributed by atoms with van der Waals surface area (Å²) in [6, 6.07) is 2.08. The van der Waals surface area contributed by atoms with E-state index in [9.17, 15) is 0 Å². The number of hydrogen-bond acceptors (Lipinski definition) is 4. The minimum absolute atomic E-state index is 0.804. The van der Waals surface area contributed by atoms with E-state index in [4.69, 9.17) is 0 Å². The van der Waals surface area contributed by atoms with Crippen molar-refractivity contribution in [1.29, 1.82) is 0 Å². The van der Waals surface area contributed by atoms with Gasteiger partial charge in [-0.15, -0.1) is 11.3 Å². The maximum Gasteiger partial charge on any atom is 0.128 e. The molecule has 0 bridgehead atoms. The molecule has 0 saturated heterocycles. The molecule has 0 spiro atoms. The number of halogens is 1. The molecule has 96 valence electrons. The number of anilines is 1. The zero-order chi connectivity index (χ0) is 13.1. The summed E-state index contributed by atoms with van der Waals surface area (Å²) < 4.78 is 1.04. The highest BCUT2D eigenvalue weighted by atomic mass is 79.9. The van der Waals surface area contributed by atoms with Gasteiger partial charge in [0.25, 0.3) is 0 Å². The third-order valence-corrected chi connectivity index (χ3v) is 4.70. The predicted octanol–water partition coefficient (Wildman–Crippen LogP) is 3.81. The summed E-state index contributed by atoms with van der Waals surface area (Å²) in [4.78, 5) is 12.3. The summed E-state index contributed by atoms with van der Waals surface area (Å²) >= 11 is 5.24. The normalized spacial score (nSPS) is 10.7. The number of hydrogen-bond donors (Lipinski definition) is 0. The molecule has 2 heterocycles. The van der Waals surface area contributed by atoms with Gasteiger partial charge in [0.15, 0.2) is 0 Å². The first-order valence-corrected chi connectivity index (χ1v) is 7.48. The molecule has 0 fully saturated rings. The monoisotopic (exact) mass is 325 g/mol. The second-order valence-corrected chi connectivity index (χ2v) is 6.28. The van der Waals surface area contributed by atoms with Crippen molar-refractivity contribution < 1.29 is 0 Å². The average Bonchev–Trinajstić information content (AvgIpc) is 2.80. The predicted molar refractivity (Wildman–Crippen MR) is 80.3 cm³/mol. The maximum atomic E-state index is 4.43. The van der Waals surface area contributed by atoms with Crippen LogP contribution in [0.25, 0.3) is 0 Å². The minimum Gasteiger partial charge on any atom is -0.353 e. The molecule has 0 aliphatic rings. The topological polar surface area (TPSA) is 29.0 Å². The van der Waals surface area contributed by atoms with Gasteiger partial charge in [-0.1, -0.05) is 6.92 Å². The Balaban J connectivity index is 2.11. The fraction of sp³-hybridized carbons (Fsp3) is 0.385. The number of nitrogens with zero attached hydrogens (tertiary/aromatic N) is 3. The van der Waals surface area contributed by atoms with Gasteiger partial charge in [-0.25, -0.2) is 9.97 Å². The first-order chi connectivity index (χ1) is 8.60. The van der Waals surface area contributed by atoms with Gasteiger partial charge in [-0.3, -0.25) is 0 Å². The van der Waals surface area contributed by atoms with Gasteiger partial charge in [0.05, 0.1) is 6.54 Å². The first-order valence-electron chi connectivity index (χ1n) is 5.87. The van der Waals surface area contributed by atoms with Gasteiger partial charge >= 0.3 is 0 Å². The molecule has 0 unspecified atom stereocenters. The highest BCUT2D eigenvalue weighted by molar-refractivity contribution is 9.10. The zero-order valence-corrected chi connectivity index (χ0v) is 13.2. The van der Waals surface area contributed by atoms with Crippen molar-refractivity contribution >= 4 is 33.1 Å². The van der Waals surface area contributed by atoms with E-state index in [0.29, 0.717) is 0 Å². The van der Waals surface area contributed by atoms with Crippen molar-refractivity contribution in [2.24, 2.45) is 0 Å². The SMILES string of the molecule is CCc1cnc(CN(C)c2cc(C)c(Br)cn2)s1. The van der Waals surface area contributed by atoms with Crippen LogP contribution in [0.1, 0.15) is 22.4 Å². The van der Waals surface area contributed by atoms with Crippen LogP contribution in [-0.4, -0.2) is 17.0 Å². The fourth-order valence-electron chi connectivity index (χ4n) is 1.60. The Morgan fingerprint density at radius 1 is 1.33 bits per heavy atom. The van der Waals surface area contributed by atoms with Gasteiger partial charge in [0.2, 0.25) is 0 Å². The summed E-state index contributed by atoms with van der Waals surface area (Å²) in [5.41, 5.74) is 1.19. The number of aromatic nitrogens is 2. The molecule has 0 aromatic carbocycles. The van der Waals surface area contributed by atoms with Crippen molar-refractivity contribution in [2.75, 3.05) is 11.9 Å². The number of pyridine rings is 1. The highest BCUT2D eigenvalue weighted by Crippen LogP contribution is 2.21. The smallest absolute Gasteiger partial charge is 0.128 e.